The molecule has 0 atom stereocenters. The van der Waals surface area contributed by atoms with Crippen LogP contribution in [0.2, 0.25) is 5.02 Å². The Morgan fingerprint density at radius 3 is 3.17 bits per heavy atom. The Morgan fingerprint density at radius 1 is 1.35 bits per heavy atom. The first-order valence-electron chi connectivity index (χ1n) is 7.37. The molecule has 0 bridgehead atoms. The Kier molecular flexibility index (Phi) is 3.55. The van der Waals surface area contributed by atoms with Crippen LogP contribution in [-0.4, -0.2) is 31.4 Å². The molecule has 1 aliphatic rings. The second kappa shape index (κ2) is 5.72. The number of hydrogen-bond acceptors (Lipinski definition) is 5. The third-order valence-electron chi connectivity index (χ3n) is 4.04. The quantitative estimate of drug-likeness (QED) is 0.778. The van der Waals surface area contributed by atoms with Crippen molar-refractivity contribution in [1.29, 1.82) is 0 Å². The number of H-pyrrole nitrogens is 1. The van der Waals surface area contributed by atoms with E-state index in [9.17, 15) is 4.79 Å². The summed E-state index contributed by atoms with van der Waals surface area (Å²) >= 11 is 5.93. The zero-order valence-corrected chi connectivity index (χ0v) is 13.0. The minimum Gasteiger partial charge on any atom is -0.309 e. The van der Waals surface area contributed by atoms with Gasteiger partial charge in [-0.05, 0) is 30.2 Å². The lowest BCUT2D eigenvalue weighted by Gasteiger charge is -2.26. The van der Waals surface area contributed by atoms with Gasteiger partial charge in [-0.3, -0.25) is 9.69 Å². The van der Waals surface area contributed by atoms with Gasteiger partial charge in [-0.15, -0.1) is 0 Å². The number of fused-ring (bicyclic) bond motifs is 2. The minimum absolute atomic E-state index is 0.160. The van der Waals surface area contributed by atoms with Crippen LogP contribution in [0.5, 0.6) is 0 Å². The van der Waals surface area contributed by atoms with Gasteiger partial charge in [0.15, 0.2) is 0 Å². The third-order valence-corrected chi connectivity index (χ3v) is 4.28. The SMILES string of the molecule is O=c1[nH]c(CN2CCc3cncnc3C2)nc2ccc(Cl)cc12. The van der Waals surface area contributed by atoms with Crippen molar-refractivity contribution in [1.82, 2.24) is 24.8 Å². The van der Waals surface area contributed by atoms with Gasteiger partial charge in [-0.25, -0.2) is 15.0 Å². The molecule has 0 saturated heterocycles. The summed E-state index contributed by atoms with van der Waals surface area (Å²) in [6, 6.07) is 5.16. The van der Waals surface area contributed by atoms with Gasteiger partial charge in [0.2, 0.25) is 0 Å². The van der Waals surface area contributed by atoms with Crippen LogP contribution in [0, 0.1) is 0 Å². The number of rotatable bonds is 2. The first kappa shape index (κ1) is 14.3. The zero-order chi connectivity index (χ0) is 15.8. The Labute approximate surface area is 137 Å². The average Bonchev–Trinajstić information content (AvgIpc) is 2.55. The second-order valence-electron chi connectivity index (χ2n) is 5.63. The van der Waals surface area contributed by atoms with Crippen molar-refractivity contribution >= 4 is 22.5 Å². The van der Waals surface area contributed by atoms with Gasteiger partial charge in [0.25, 0.3) is 5.56 Å². The molecule has 1 aliphatic heterocycles. The molecule has 0 spiro atoms. The monoisotopic (exact) mass is 327 g/mol. The maximum atomic E-state index is 12.2. The first-order valence-corrected chi connectivity index (χ1v) is 7.75. The lowest BCUT2D eigenvalue weighted by Crippen LogP contribution is -2.32. The summed E-state index contributed by atoms with van der Waals surface area (Å²) in [6.45, 7) is 2.21. The Morgan fingerprint density at radius 2 is 2.26 bits per heavy atom. The molecule has 0 radical (unpaired) electrons. The predicted octanol–water partition coefficient (Wildman–Crippen LogP) is 1.92. The minimum atomic E-state index is -0.160. The van der Waals surface area contributed by atoms with Crippen LogP contribution >= 0.6 is 11.6 Å². The molecule has 0 aliphatic carbocycles. The number of aromatic amines is 1. The third kappa shape index (κ3) is 2.83. The van der Waals surface area contributed by atoms with Crippen LogP contribution in [0.3, 0.4) is 0 Å². The molecule has 2 aromatic heterocycles. The molecule has 6 nitrogen and oxygen atoms in total. The van der Waals surface area contributed by atoms with E-state index < -0.39 is 0 Å². The van der Waals surface area contributed by atoms with E-state index >= 15 is 0 Å². The molecule has 0 fully saturated rings. The number of benzene rings is 1. The molecule has 1 aromatic carbocycles. The van der Waals surface area contributed by atoms with Crippen LogP contribution in [-0.2, 0) is 19.5 Å². The molecule has 1 N–H and O–H groups in total. The Balaban J connectivity index is 1.61. The largest absolute Gasteiger partial charge is 0.309 e. The van der Waals surface area contributed by atoms with Crippen LogP contribution in [0.4, 0.5) is 0 Å². The summed E-state index contributed by atoms with van der Waals surface area (Å²) < 4.78 is 0. The highest BCUT2D eigenvalue weighted by molar-refractivity contribution is 6.31. The smallest absolute Gasteiger partial charge is 0.258 e. The standard InChI is InChI=1S/C16H14ClN5O/c17-11-1-2-13-12(5-11)16(23)21-15(20-13)8-22-4-3-10-6-18-9-19-14(10)7-22/h1-2,5-6,9H,3-4,7-8H2,(H,20,21,23). The van der Waals surface area contributed by atoms with Crippen LogP contribution in [0.25, 0.3) is 10.9 Å². The second-order valence-corrected chi connectivity index (χ2v) is 6.07. The van der Waals surface area contributed by atoms with E-state index in [4.69, 9.17) is 11.6 Å². The van der Waals surface area contributed by atoms with Crippen molar-refractivity contribution in [3.05, 3.63) is 63.2 Å². The molecule has 0 amide bonds. The fourth-order valence-electron chi connectivity index (χ4n) is 2.89. The van der Waals surface area contributed by atoms with Gasteiger partial charge >= 0.3 is 0 Å². The molecule has 3 heterocycles. The fourth-order valence-corrected chi connectivity index (χ4v) is 3.06. The van der Waals surface area contributed by atoms with Crippen molar-refractivity contribution in [3.8, 4) is 0 Å². The van der Waals surface area contributed by atoms with E-state index in [1.807, 2.05) is 6.20 Å². The van der Waals surface area contributed by atoms with E-state index in [2.05, 4.69) is 24.8 Å². The van der Waals surface area contributed by atoms with E-state index in [1.165, 1.54) is 5.56 Å². The van der Waals surface area contributed by atoms with Crippen molar-refractivity contribution in [2.45, 2.75) is 19.5 Å². The van der Waals surface area contributed by atoms with Gasteiger partial charge in [0.05, 0.1) is 23.1 Å². The summed E-state index contributed by atoms with van der Waals surface area (Å²) in [5.74, 6) is 0.655. The number of hydrogen-bond donors (Lipinski definition) is 1. The van der Waals surface area contributed by atoms with Crippen molar-refractivity contribution in [2.24, 2.45) is 0 Å². The highest BCUT2D eigenvalue weighted by atomic mass is 35.5. The maximum Gasteiger partial charge on any atom is 0.258 e. The van der Waals surface area contributed by atoms with Crippen LogP contribution < -0.4 is 5.56 Å². The lowest BCUT2D eigenvalue weighted by atomic mass is 10.1. The number of halogens is 1. The molecule has 3 aromatic rings. The maximum absolute atomic E-state index is 12.2. The van der Waals surface area contributed by atoms with Crippen molar-refractivity contribution in [2.75, 3.05) is 6.54 Å². The van der Waals surface area contributed by atoms with Gasteiger partial charge in [-0.2, -0.15) is 0 Å². The molecule has 23 heavy (non-hydrogen) atoms. The van der Waals surface area contributed by atoms with Gasteiger partial charge in [-0.1, -0.05) is 11.6 Å². The Hall–Kier alpha value is -2.31. The normalized spacial score (nSPS) is 14.8. The van der Waals surface area contributed by atoms with Crippen molar-refractivity contribution in [3.63, 3.8) is 0 Å². The highest BCUT2D eigenvalue weighted by Crippen LogP contribution is 2.18. The highest BCUT2D eigenvalue weighted by Gasteiger charge is 2.18. The number of nitrogens with one attached hydrogen (secondary N) is 1. The summed E-state index contributed by atoms with van der Waals surface area (Å²) in [7, 11) is 0. The fraction of sp³-hybridized carbons (Fsp3) is 0.250. The van der Waals surface area contributed by atoms with E-state index in [0.29, 0.717) is 28.3 Å². The summed E-state index contributed by atoms with van der Waals surface area (Å²) in [4.78, 5) is 30.2. The number of nitrogens with zero attached hydrogens (tertiary/aromatic N) is 4. The molecule has 7 heteroatoms. The zero-order valence-electron chi connectivity index (χ0n) is 12.3. The summed E-state index contributed by atoms with van der Waals surface area (Å²) in [6.07, 6.45) is 4.35. The molecule has 4 rings (SSSR count). The summed E-state index contributed by atoms with van der Waals surface area (Å²) in [5, 5.41) is 1.04. The first-order chi connectivity index (χ1) is 11.2. The average molecular weight is 328 g/mol. The summed E-state index contributed by atoms with van der Waals surface area (Å²) in [5.41, 5.74) is 2.74. The Bertz CT molecular complexity index is 939. The van der Waals surface area contributed by atoms with E-state index in [0.717, 1.165) is 25.2 Å². The van der Waals surface area contributed by atoms with E-state index in [1.54, 1.807) is 24.5 Å². The van der Waals surface area contributed by atoms with Crippen LogP contribution in [0.15, 0.2) is 35.5 Å². The van der Waals surface area contributed by atoms with E-state index in [-0.39, 0.29) is 5.56 Å². The molecule has 116 valence electrons. The number of aromatic nitrogens is 4. The topological polar surface area (TPSA) is 74.8 Å². The van der Waals surface area contributed by atoms with Crippen LogP contribution in [0.1, 0.15) is 17.1 Å². The molecular formula is C16H14ClN5O. The van der Waals surface area contributed by atoms with Crippen molar-refractivity contribution < 1.29 is 0 Å². The van der Waals surface area contributed by atoms with Gasteiger partial charge < -0.3 is 4.98 Å². The van der Waals surface area contributed by atoms with Gasteiger partial charge in [0.1, 0.15) is 12.2 Å². The predicted molar refractivity (Wildman–Crippen MR) is 87.2 cm³/mol. The van der Waals surface area contributed by atoms with Gasteiger partial charge in [0, 0.05) is 24.3 Å². The lowest BCUT2D eigenvalue weighted by molar-refractivity contribution is 0.235. The molecule has 0 saturated carbocycles. The molecular weight excluding hydrogens is 314 g/mol. The molecule has 0 unspecified atom stereocenters.